The lowest BCUT2D eigenvalue weighted by Gasteiger charge is -2.20. The van der Waals surface area contributed by atoms with Crippen LogP contribution in [0.15, 0.2) is 48.5 Å². The Kier molecular flexibility index (Phi) is 5.89. The maximum atomic E-state index is 12.1. The van der Waals surface area contributed by atoms with E-state index in [9.17, 15) is 4.79 Å². The maximum Gasteiger partial charge on any atom is 0.258 e. The predicted molar refractivity (Wildman–Crippen MR) is 98.6 cm³/mol. The first-order valence-corrected chi connectivity index (χ1v) is 8.42. The van der Waals surface area contributed by atoms with Gasteiger partial charge in [0.25, 0.3) is 5.91 Å². The fourth-order valence-electron chi connectivity index (χ4n) is 2.34. The third kappa shape index (κ3) is 5.00. The number of carbonyl (C=O) groups is 1. The Labute approximate surface area is 149 Å². The summed E-state index contributed by atoms with van der Waals surface area (Å²) in [6.07, 6.45) is 0. The van der Waals surface area contributed by atoms with E-state index in [2.05, 4.69) is 50.4 Å². The van der Waals surface area contributed by atoms with E-state index in [0.29, 0.717) is 10.8 Å². The quantitative estimate of drug-likeness (QED) is 0.837. The summed E-state index contributed by atoms with van der Waals surface area (Å²) in [5, 5.41) is 3.43. The maximum absolute atomic E-state index is 12.1. The summed E-state index contributed by atoms with van der Waals surface area (Å²) >= 11 is 6.00. The molecular formula is C20H24ClNO2. The van der Waals surface area contributed by atoms with Crippen molar-refractivity contribution in [2.24, 2.45) is 0 Å². The molecule has 0 aliphatic rings. The highest BCUT2D eigenvalue weighted by molar-refractivity contribution is 6.32. The molecule has 0 saturated heterocycles. The molecule has 0 heterocycles. The molecule has 4 heteroatoms. The van der Waals surface area contributed by atoms with E-state index in [4.69, 9.17) is 16.3 Å². The zero-order valence-corrected chi connectivity index (χ0v) is 15.4. The number of carbonyl (C=O) groups excluding carboxylic acids is 1. The molecule has 2 rings (SSSR count). The Morgan fingerprint density at radius 2 is 1.75 bits per heavy atom. The van der Waals surface area contributed by atoms with Crippen LogP contribution in [0.3, 0.4) is 0 Å². The van der Waals surface area contributed by atoms with Gasteiger partial charge in [0, 0.05) is 0 Å². The standard InChI is InChI=1S/C20H24ClNO2/c1-14(15-9-11-16(12-10-15)20(2,3)4)22-19(23)13-24-18-8-6-5-7-17(18)21/h5-12,14H,13H2,1-4H3,(H,22,23). The molecule has 24 heavy (non-hydrogen) atoms. The summed E-state index contributed by atoms with van der Waals surface area (Å²) in [5.41, 5.74) is 2.45. The number of para-hydroxylation sites is 1. The van der Waals surface area contributed by atoms with Crippen molar-refractivity contribution in [2.45, 2.75) is 39.2 Å². The van der Waals surface area contributed by atoms with Gasteiger partial charge in [0.15, 0.2) is 6.61 Å². The normalized spacial score (nSPS) is 12.5. The highest BCUT2D eigenvalue weighted by Crippen LogP contribution is 2.24. The summed E-state index contributed by atoms with van der Waals surface area (Å²) in [4.78, 5) is 12.1. The van der Waals surface area contributed by atoms with Crippen LogP contribution in [0.2, 0.25) is 5.02 Å². The van der Waals surface area contributed by atoms with Crippen molar-refractivity contribution < 1.29 is 9.53 Å². The van der Waals surface area contributed by atoms with Gasteiger partial charge in [0.05, 0.1) is 11.1 Å². The van der Waals surface area contributed by atoms with E-state index in [1.807, 2.05) is 19.1 Å². The van der Waals surface area contributed by atoms with Gasteiger partial charge in [-0.25, -0.2) is 0 Å². The summed E-state index contributed by atoms with van der Waals surface area (Å²) in [5.74, 6) is 0.332. The third-order valence-corrected chi connectivity index (χ3v) is 4.16. The minimum absolute atomic E-state index is 0.0614. The molecule has 0 fully saturated rings. The summed E-state index contributed by atoms with van der Waals surface area (Å²) in [6, 6.07) is 15.4. The molecule has 0 spiro atoms. The lowest BCUT2D eigenvalue weighted by atomic mass is 9.86. The number of ether oxygens (including phenoxy) is 1. The third-order valence-electron chi connectivity index (χ3n) is 3.85. The number of rotatable bonds is 5. The Balaban J connectivity index is 1.90. The van der Waals surface area contributed by atoms with E-state index >= 15 is 0 Å². The molecule has 1 N–H and O–H groups in total. The van der Waals surface area contributed by atoms with Crippen LogP contribution >= 0.6 is 11.6 Å². The minimum atomic E-state index is -0.178. The fraction of sp³-hybridized carbons (Fsp3) is 0.350. The van der Waals surface area contributed by atoms with Crippen LogP contribution in [0.1, 0.15) is 44.9 Å². The Morgan fingerprint density at radius 1 is 1.12 bits per heavy atom. The van der Waals surface area contributed by atoms with Crippen molar-refractivity contribution in [1.82, 2.24) is 5.32 Å². The van der Waals surface area contributed by atoms with E-state index in [-0.39, 0.29) is 24.0 Å². The lowest BCUT2D eigenvalue weighted by Crippen LogP contribution is -2.31. The second-order valence-electron chi connectivity index (χ2n) is 6.88. The average molecular weight is 346 g/mol. The SMILES string of the molecule is CC(NC(=O)COc1ccccc1Cl)c1ccc(C(C)(C)C)cc1. The van der Waals surface area contributed by atoms with Crippen LogP contribution in [-0.4, -0.2) is 12.5 Å². The molecular weight excluding hydrogens is 322 g/mol. The molecule has 1 unspecified atom stereocenters. The van der Waals surface area contributed by atoms with Gasteiger partial charge in [-0.15, -0.1) is 0 Å². The molecule has 2 aromatic carbocycles. The molecule has 0 bridgehead atoms. The van der Waals surface area contributed by atoms with Gasteiger partial charge in [-0.05, 0) is 35.6 Å². The molecule has 0 aliphatic heterocycles. The molecule has 0 aromatic heterocycles. The zero-order chi connectivity index (χ0) is 17.7. The van der Waals surface area contributed by atoms with Gasteiger partial charge in [0.2, 0.25) is 0 Å². The van der Waals surface area contributed by atoms with Crippen molar-refractivity contribution in [3.05, 3.63) is 64.7 Å². The topological polar surface area (TPSA) is 38.3 Å². The number of halogens is 1. The molecule has 3 nitrogen and oxygen atoms in total. The van der Waals surface area contributed by atoms with Gasteiger partial charge in [-0.2, -0.15) is 0 Å². The van der Waals surface area contributed by atoms with Crippen molar-refractivity contribution >= 4 is 17.5 Å². The van der Waals surface area contributed by atoms with Gasteiger partial charge >= 0.3 is 0 Å². The van der Waals surface area contributed by atoms with Crippen LogP contribution in [0.5, 0.6) is 5.75 Å². The molecule has 0 radical (unpaired) electrons. The predicted octanol–water partition coefficient (Wildman–Crippen LogP) is 4.89. The molecule has 2 aromatic rings. The zero-order valence-electron chi connectivity index (χ0n) is 14.6. The monoisotopic (exact) mass is 345 g/mol. The van der Waals surface area contributed by atoms with E-state index in [1.54, 1.807) is 12.1 Å². The molecule has 0 saturated carbocycles. The average Bonchev–Trinajstić information content (AvgIpc) is 2.53. The second kappa shape index (κ2) is 7.71. The van der Waals surface area contributed by atoms with E-state index in [0.717, 1.165) is 5.56 Å². The Morgan fingerprint density at radius 3 is 2.33 bits per heavy atom. The lowest BCUT2D eigenvalue weighted by molar-refractivity contribution is -0.123. The number of nitrogens with one attached hydrogen (secondary N) is 1. The van der Waals surface area contributed by atoms with E-state index in [1.165, 1.54) is 5.56 Å². The largest absolute Gasteiger partial charge is 0.482 e. The van der Waals surface area contributed by atoms with Crippen LogP contribution < -0.4 is 10.1 Å². The van der Waals surface area contributed by atoms with E-state index < -0.39 is 0 Å². The molecule has 1 amide bonds. The van der Waals surface area contributed by atoms with Gasteiger partial charge in [-0.3, -0.25) is 4.79 Å². The van der Waals surface area contributed by atoms with Crippen LogP contribution in [-0.2, 0) is 10.2 Å². The van der Waals surface area contributed by atoms with Crippen molar-refractivity contribution in [3.63, 3.8) is 0 Å². The van der Waals surface area contributed by atoms with Crippen molar-refractivity contribution in [3.8, 4) is 5.75 Å². The van der Waals surface area contributed by atoms with Crippen LogP contribution in [0.4, 0.5) is 0 Å². The van der Waals surface area contributed by atoms with Gasteiger partial charge < -0.3 is 10.1 Å². The second-order valence-corrected chi connectivity index (χ2v) is 7.29. The Bertz CT molecular complexity index is 690. The van der Waals surface area contributed by atoms with Crippen LogP contribution in [0, 0.1) is 0 Å². The molecule has 0 aliphatic carbocycles. The van der Waals surface area contributed by atoms with Crippen molar-refractivity contribution in [1.29, 1.82) is 0 Å². The molecule has 1 atom stereocenters. The van der Waals surface area contributed by atoms with Gasteiger partial charge in [-0.1, -0.05) is 68.8 Å². The number of benzene rings is 2. The first kappa shape index (κ1) is 18.3. The number of amides is 1. The summed E-state index contributed by atoms with van der Waals surface area (Å²) < 4.78 is 5.46. The number of hydrogen-bond donors (Lipinski definition) is 1. The van der Waals surface area contributed by atoms with Crippen molar-refractivity contribution in [2.75, 3.05) is 6.61 Å². The Hall–Kier alpha value is -2.00. The van der Waals surface area contributed by atoms with Crippen LogP contribution in [0.25, 0.3) is 0 Å². The summed E-state index contributed by atoms with van der Waals surface area (Å²) in [6.45, 7) is 8.44. The minimum Gasteiger partial charge on any atom is -0.482 e. The first-order valence-electron chi connectivity index (χ1n) is 8.04. The highest BCUT2D eigenvalue weighted by atomic mass is 35.5. The van der Waals surface area contributed by atoms with Gasteiger partial charge in [0.1, 0.15) is 5.75 Å². The number of hydrogen-bond acceptors (Lipinski definition) is 2. The summed E-state index contributed by atoms with van der Waals surface area (Å²) in [7, 11) is 0. The molecule has 128 valence electrons. The first-order chi connectivity index (χ1) is 11.3. The highest BCUT2D eigenvalue weighted by Gasteiger charge is 2.15. The smallest absolute Gasteiger partial charge is 0.258 e. The fourth-order valence-corrected chi connectivity index (χ4v) is 2.53.